The van der Waals surface area contributed by atoms with Crippen LogP contribution in [0.2, 0.25) is 0 Å². The van der Waals surface area contributed by atoms with Crippen LogP contribution in [0.3, 0.4) is 0 Å². The second kappa shape index (κ2) is 16.5. The van der Waals surface area contributed by atoms with Crippen LogP contribution >= 0.6 is 24.8 Å². The lowest BCUT2D eigenvalue weighted by Gasteiger charge is -2.07. The Kier molecular flexibility index (Phi) is 15.6. The third-order valence-electron chi connectivity index (χ3n) is 4.52. The van der Waals surface area contributed by atoms with Gasteiger partial charge in [-0.05, 0) is 75.1 Å². The van der Waals surface area contributed by atoms with Gasteiger partial charge in [0.15, 0.2) is 11.5 Å². The Morgan fingerprint density at radius 3 is 1.71 bits per heavy atom. The van der Waals surface area contributed by atoms with E-state index in [0.717, 1.165) is 44.6 Å². The fourth-order valence-corrected chi connectivity index (χ4v) is 2.94. The first-order chi connectivity index (χ1) is 12.8. The first-order valence-electron chi connectivity index (χ1n) is 9.72. The first kappa shape index (κ1) is 26.5. The van der Waals surface area contributed by atoms with Crippen molar-refractivity contribution in [2.24, 2.45) is 0 Å². The lowest BCUT2D eigenvalue weighted by atomic mass is 10.1. The molecule has 0 saturated carbocycles. The number of hydrogen-bond donors (Lipinski definition) is 4. The van der Waals surface area contributed by atoms with Gasteiger partial charge in [0.05, 0.1) is 0 Å². The Bertz CT molecular complexity index is 627. The average Bonchev–Trinajstić information content (AvgIpc) is 2.66. The van der Waals surface area contributed by atoms with Gasteiger partial charge in [-0.25, -0.2) is 0 Å². The minimum atomic E-state index is -0.0590. The predicted molar refractivity (Wildman–Crippen MR) is 122 cm³/mol. The van der Waals surface area contributed by atoms with Gasteiger partial charge in [-0.3, -0.25) is 0 Å². The maximum Gasteiger partial charge on any atom is 0.157 e. The van der Waals surface area contributed by atoms with Crippen LogP contribution in [0.25, 0.3) is 0 Å². The molecule has 0 atom stereocenters. The molecule has 0 unspecified atom stereocenters. The van der Waals surface area contributed by atoms with Crippen LogP contribution in [0.4, 0.5) is 0 Å². The highest BCUT2D eigenvalue weighted by Gasteiger charge is 2.00. The smallest absolute Gasteiger partial charge is 0.157 e. The molecule has 28 heavy (non-hydrogen) atoms. The third-order valence-corrected chi connectivity index (χ3v) is 4.52. The fourth-order valence-electron chi connectivity index (χ4n) is 2.94. The van der Waals surface area contributed by atoms with Gasteiger partial charge in [-0.1, -0.05) is 49.2 Å². The molecule has 0 amide bonds. The van der Waals surface area contributed by atoms with E-state index in [9.17, 15) is 10.2 Å². The van der Waals surface area contributed by atoms with Crippen molar-refractivity contribution in [2.45, 2.75) is 38.5 Å². The van der Waals surface area contributed by atoms with E-state index >= 15 is 0 Å². The molecule has 0 radical (unpaired) electrons. The summed E-state index contributed by atoms with van der Waals surface area (Å²) in [4.78, 5) is 0. The Hall–Kier alpha value is -1.46. The van der Waals surface area contributed by atoms with Gasteiger partial charge in [0, 0.05) is 0 Å². The van der Waals surface area contributed by atoms with Crippen LogP contribution in [0.15, 0.2) is 48.5 Å². The van der Waals surface area contributed by atoms with Crippen LogP contribution in [0, 0.1) is 0 Å². The first-order valence-corrected chi connectivity index (χ1v) is 9.72. The number of phenols is 2. The second-order valence-electron chi connectivity index (χ2n) is 6.72. The van der Waals surface area contributed by atoms with E-state index < -0.39 is 0 Å². The highest BCUT2D eigenvalue weighted by atomic mass is 35.5. The normalized spacial score (nSPS) is 10.1. The van der Waals surface area contributed by atoms with Crippen molar-refractivity contribution < 1.29 is 10.2 Å². The molecule has 0 aliphatic carbocycles. The van der Waals surface area contributed by atoms with E-state index in [1.165, 1.54) is 31.2 Å². The van der Waals surface area contributed by atoms with E-state index in [1.807, 2.05) is 6.07 Å². The van der Waals surface area contributed by atoms with Gasteiger partial charge in [-0.2, -0.15) is 0 Å². The summed E-state index contributed by atoms with van der Waals surface area (Å²) in [6.07, 6.45) is 6.92. The van der Waals surface area contributed by atoms with Crippen LogP contribution in [0.5, 0.6) is 11.5 Å². The number of phenolic OH excluding ortho intramolecular Hbond substituents is 2. The van der Waals surface area contributed by atoms with Gasteiger partial charge in [0.2, 0.25) is 0 Å². The van der Waals surface area contributed by atoms with Crippen LogP contribution in [-0.2, 0) is 12.8 Å². The highest BCUT2D eigenvalue weighted by Crippen LogP contribution is 2.24. The minimum Gasteiger partial charge on any atom is -0.504 e. The second-order valence-corrected chi connectivity index (χ2v) is 6.72. The van der Waals surface area contributed by atoms with Crippen molar-refractivity contribution in [3.05, 3.63) is 59.7 Å². The summed E-state index contributed by atoms with van der Waals surface area (Å²) in [6.45, 7) is 4.08. The average molecular weight is 429 g/mol. The van der Waals surface area contributed by atoms with Gasteiger partial charge in [-0.15, -0.1) is 24.8 Å². The summed E-state index contributed by atoms with van der Waals surface area (Å²) in [5, 5.41) is 25.7. The number of halogens is 2. The predicted octanol–water partition coefficient (Wildman–Crippen LogP) is 4.47. The molecule has 2 aromatic carbocycles. The molecular weight excluding hydrogens is 395 g/mol. The number of benzene rings is 2. The van der Waals surface area contributed by atoms with Crippen LogP contribution in [-0.4, -0.2) is 36.4 Å². The Balaban J connectivity index is 0.00000364. The number of nitrogens with one attached hydrogen (secondary N) is 2. The lowest BCUT2D eigenvalue weighted by Crippen LogP contribution is -2.19. The minimum absolute atomic E-state index is 0. The monoisotopic (exact) mass is 428 g/mol. The number of unbranched alkanes of at least 4 members (excludes halogenated alkanes) is 3. The molecule has 4 nitrogen and oxygen atoms in total. The van der Waals surface area contributed by atoms with Crippen molar-refractivity contribution >= 4 is 24.8 Å². The Morgan fingerprint density at radius 1 is 0.571 bits per heavy atom. The summed E-state index contributed by atoms with van der Waals surface area (Å²) in [6, 6.07) is 15.6. The molecular formula is C22H34Cl2N2O2. The fraction of sp³-hybridized carbons (Fsp3) is 0.455. The zero-order valence-corrected chi connectivity index (χ0v) is 18.0. The number of hydrogen-bond acceptors (Lipinski definition) is 4. The molecule has 6 heteroatoms. The van der Waals surface area contributed by atoms with Crippen molar-refractivity contribution in [3.8, 4) is 11.5 Å². The van der Waals surface area contributed by atoms with E-state index in [4.69, 9.17) is 0 Å². The van der Waals surface area contributed by atoms with Gasteiger partial charge in [0.1, 0.15) is 0 Å². The van der Waals surface area contributed by atoms with E-state index in [-0.39, 0.29) is 36.3 Å². The molecule has 0 aliphatic heterocycles. The lowest BCUT2D eigenvalue weighted by molar-refractivity contribution is 0.403. The zero-order valence-electron chi connectivity index (χ0n) is 16.4. The number of aromatic hydroxyl groups is 2. The Labute approximate surface area is 181 Å². The van der Waals surface area contributed by atoms with Crippen molar-refractivity contribution in [3.63, 3.8) is 0 Å². The van der Waals surface area contributed by atoms with Crippen molar-refractivity contribution in [1.29, 1.82) is 0 Å². The molecule has 2 rings (SSSR count). The topological polar surface area (TPSA) is 64.5 Å². The maximum absolute atomic E-state index is 9.46. The molecule has 0 aromatic heterocycles. The van der Waals surface area contributed by atoms with E-state index in [0.29, 0.717) is 0 Å². The van der Waals surface area contributed by atoms with Crippen molar-refractivity contribution in [1.82, 2.24) is 10.6 Å². The van der Waals surface area contributed by atoms with Gasteiger partial charge in [0.25, 0.3) is 0 Å². The SMILES string of the molecule is Cl.Cl.Oc1ccc(CCNCCCCCCNCCc2ccccc2)cc1O. The molecule has 0 fully saturated rings. The standard InChI is InChI=1S/C22H32N2O2.2ClH/c25-21-11-10-20(18-22(21)26)13-17-24-15-7-2-1-6-14-23-16-12-19-8-4-3-5-9-19;;/h3-5,8-11,18,23-26H,1-2,6-7,12-17H2;2*1H. The van der Waals surface area contributed by atoms with E-state index in [1.54, 1.807) is 12.1 Å². The molecule has 4 N–H and O–H groups in total. The summed E-state index contributed by atoms with van der Waals surface area (Å²) >= 11 is 0. The molecule has 2 aromatic rings. The molecule has 0 heterocycles. The molecule has 0 aliphatic rings. The molecule has 158 valence electrons. The molecule has 0 saturated heterocycles. The summed E-state index contributed by atoms with van der Waals surface area (Å²) in [5.74, 6) is -0.101. The van der Waals surface area contributed by atoms with E-state index in [2.05, 4.69) is 41.0 Å². The number of rotatable bonds is 13. The quantitative estimate of drug-likeness (QED) is 0.280. The summed E-state index contributed by atoms with van der Waals surface area (Å²) in [7, 11) is 0. The van der Waals surface area contributed by atoms with Crippen LogP contribution < -0.4 is 10.6 Å². The van der Waals surface area contributed by atoms with Gasteiger partial charge < -0.3 is 20.8 Å². The summed E-state index contributed by atoms with van der Waals surface area (Å²) in [5.41, 5.74) is 2.43. The summed E-state index contributed by atoms with van der Waals surface area (Å²) < 4.78 is 0. The largest absolute Gasteiger partial charge is 0.504 e. The van der Waals surface area contributed by atoms with Crippen LogP contribution in [0.1, 0.15) is 36.8 Å². The zero-order chi connectivity index (χ0) is 18.5. The molecule has 0 spiro atoms. The molecule has 0 bridgehead atoms. The van der Waals surface area contributed by atoms with Crippen molar-refractivity contribution in [2.75, 3.05) is 26.2 Å². The Morgan fingerprint density at radius 2 is 1.14 bits per heavy atom. The highest BCUT2D eigenvalue weighted by molar-refractivity contribution is 5.85. The maximum atomic E-state index is 9.46. The van der Waals surface area contributed by atoms with Gasteiger partial charge >= 0.3 is 0 Å². The third kappa shape index (κ3) is 11.4.